The molecule has 1 aliphatic rings. The highest BCUT2D eigenvalue weighted by molar-refractivity contribution is 7.92. The van der Waals surface area contributed by atoms with Gasteiger partial charge >= 0.3 is 16.5 Å². The Morgan fingerprint density at radius 1 is 1.03 bits per heavy atom. The first-order valence-electron chi connectivity index (χ1n) is 9.10. The van der Waals surface area contributed by atoms with Gasteiger partial charge in [-0.2, -0.15) is 21.6 Å². The Morgan fingerprint density at radius 3 is 2.16 bits per heavy atom. The SMILES string of the molecule is NS(=O)(=O)OC1CCC(c2cc(F)ccc2F)(S(=O)(=O)c2ccc(C(F)(F)F)nc2)CC1. The van der Waals surface area contributed by atoms with Gasteiger partial charge < -0.3 is 0 Å². The molecule has 0 atom stereocenters. The van der Waals surface area contributed by atoms with Crippen molar-refractivity contribution in [2.75, 3.05) is 0 Å². The van der Waals surface area contributed by atoms with Crippen molar-refractivity contribution in [3.63, 3.8) is 0 Å². The average Bonchev–Trinajstić information content (AvgIpc) is 2.69. The van der Waals surface area contributed by atoms with Gasteiger partial charge in [0.05, 0.1) is 11.0 Å². The van der Waals surface area contributed by atoms with Gasteiger partial charge in [-0.3, -0.25) is 9.17 Å². The molecule has 176 valence electrons. The average molecular weight is 500 g/mol. The second-order valence-electron chi connectivity index (χ2n) is 7.29. The highest BCUT2D eigenvalue weighted by atomic mass is 32.2. The van der Waals surface area contributed by atoms with Crippen molar-refractivity contribution in [1.82, 2.24) is 4.98 Å². The molecule has 3 rings (SSSR count). The zero-order chi connectivity index (χ0) is 23.9. The molecule has 1 aliphatic carbocycles. The zero-order valence-electron chi connectivity index (χ0n) is 16.1. The molecule has 1 aromatic heterocycles. The van der Waals surface area contributed by atoms with Gasteiger partial charge in [0, 0.05) is 11.8 Å². The van der Waals surface area contributed by atoms with Crippen LogP contribution in [-0.2, 0) is 35.2 Å². The summed E-state index contributed by atoms with van der Waals surface area (Å²) in [6.07, 6.45) is -6.54. The van der Waals surface area contributed by atoms with Crippen molar-refractivity contribution in [1.29, 1.82) is 0 Å². The van der Waals surface area contributed by atoms with Crippen LogP contribution in [0.25, 0.3) is 0 Å². The van der Waals surface area contributed by atoms with Crippen molar-refractivity contribution in [3.8, 4) is 0 Å². The summed E-state index contributed by atoms with van der Waals surface area (Å²) >= 11 is 0. The molecule has 0 radical (unpaired) electrons. The molecule has 2 aromatic rings. The minimum Gasteiger partial charge on any atom is -0.255 e. The molecule has 7 nitrogen and oxygen atoms in total. The summed E-state index contributed by atoms with van der Waals surface area (Å²) in [7, 11) is -8.97. The van der Waals surface area contributed by atoms with Gasteiger partial charge in [0.1, 0.15) is 22.1 Å². The van der Waals surface area contributed by atoms with E-state index in [0.717, 1.165) is 12.1 Å². The third kappa shape index (κ3) is 4.77. The van der Waals surface area contributed by atoms with E-state index in [2.05, 4.69) is 9.17 Å². The third-order valence-electron chi connectivity index (χ3n) is 5.28. The lowest BCUT2D eigenvalue weighted by Crippen LogP contribution is -2.43. The summed E-state index contributed by atoms with van der Waals surface area (Å²) in [6, 6.07) is 3.38. The number of aromatic nitrogens is 1. The summed E-state index contributed by atoms with van der Waals surface area (Å²) in [5.74, 6) is -1.97. The molecule has 14 heteroatoms. The Kier molecular flexibility index (Phi) is 6.36. The van der Waals surface area contributed by atoms with Gasteiger partial charge in [-0.15, -0.1) is 0 Å². The fourth-order valence-corrected chi connectivity index (χ4v) is 6.49. The molecule has 0 unspecified atom stereocenters. The van der Waals surface area contributed by atoms with E-state index in [9.17, 15) is 38.8 Å². The standard InChI is InChI=1S/C18H17F5N2O5S2/c19-11-1-3-15(20)14(9-11)17(7-5-12(6-8-17)30-32(24,28)29)31(26,27)13-2-4-16(25-10-13)18(21,22)23/h1-4,9-10,12H,5-8H2,(H2,24,28,29). The number of sulfone groups is 1. The minimum atomic E-state index is -4.81. The molecule has 0 aliphatic heterocycles. The predicted molar refractivity (Wildman–Crippen MR) is 101 cm³/mol. The van der Waals surface area contributed by atoms with Crippen LogP contribution in [0.3, 0.4) is 0 Å². The normalized spacial score (nSPS) is 22.6. The Morgan fingerprint density at radius 2 is 1.66 bits per heavy atom. The quantitative estimate of drug-likeness (QED) is 0.631. The minimum absolute atomic E-state index is 0.209. The van der Waals surface area contributed by atoms with Gasteiger partial charge in [0.2, 0.25) is 0 Å². The molecular weight excluding hydrogens is 483 g/mol. The number of nitrogens with two attached hydrogens (primary N) is 1. The first-order valence-corrected chi connectivity index (χ1v) is 12.1. The molecule has 1 saturated carbocycles. The van der Waals surface area contributed by atoms with E-state index in [1.165, 1.54) is 0 Å². The number of hydrogen-bond donors (Lipinski definition) is 1. The number of rotatable bonds is 5. The van der Waals surface area contributed by atoms with Crippen LogP contribution >= 0.6 is 0 Å². The first-order chi connectivity index (χ1) is 14.7. The first kappa shape index (κ1) is 24.5. The topological polar surface area (TPSA) is 116 Å². The number of hydrogen-bond acceptors (Lipinski definition) is 6. The van der Waals surface area contributed by atoms with E-state index >= 15 is 0 Å². The molecule has 0 bridgehead atoms. The van der Waals surface area contributed by atoms with Crippen molar-refractivity contribution in [2.45, 2.75) is 47.6 Å². The lowest BCUT2D eigenvalue weighted by atomic mass is 9.81. The van der Waals surface area contributed by atoms with E-state index in [-0.39, 0.29) is 12.8 Å². The maximum absolute atomic E-state index is 14.7. The van der Waals surface area contributed by atoms with Gasteiger partial charge in [-0.25, -0.2) is 22.3 Å². The lowest BCUT2D eigenvalue weighted by Gasteiger charge is -2.39. The Hall–Kier alpha value is -2.16. The summed E-state index contributed by atoms with van der Waals surface area (Å²) in [5, 5.41) is 4.84. The number of alkyl halides is 3. The van der Waals surface area contributed by atoms with Crippen molar-refractivity contribution in [2.24, 2.45) is 5.14 Å². The maximum Gasteiger partial charge on any atom is 0.433 e. The second kappa shape index (κ2) is 8.32. The molecular formula is C18H17F5N2O5S2. The molecule has 32 heavy (non-hydrogen) atoms. The van der Waals surface area contributed by atoms with Crippen LogP contribution in [0.2, 0.25) is 0 Å². The van der Waals surface area contributed by atoms with Crippen LogP contribution < -0.4 is 5.14 Å². The summed E-state index contributed by atoms with van der Waals surface area (Å²) < 4.78 is 119. The van der Waals surface area contributed by atoms with Gasteiger partial charge in [0.15, 0.2) is 9.84 Å². The molecule has 1 fully saturated rings. The predicted octanol–water partition coefficient (Wildman–Crippen LogP) is 3.21. The van der Waals surface area contributed by atoms with E-state index in [1.807, 2.05) is 0 Å². The maximum atomic E-state index is 14.7. The van der Waals surface area contributed by atoms with E-state index in [0.29, 0.717) is 24.4 Å². The van der Waals surface area contributed by atoms with Crippen LogP contribution in [0.1, 0.15) is 36.9 Å². The lowest BCUT2D eigenvalue weighted by molar-refractivity contribution is -0.141. The Labute approximate surface area is 180 Å². The Balaban J connectivity index is 2.10. The molecule has 0 spiro atoms. The Bertz CT molecular complexity index is 1210. The monoisotopic (exact) mass is 500 g/mol. The zero-order valence-corrected chi connectivity index (χ0v) is 17.8. The molecule has 1 heterocycles. The van der Waals surface area contributed by atoms with Gasteiger partial charge in [-0.05, 0) is 56.0 Å². The van der Waals surface area contributed by atoms with Crippen LogP contribution in [0, 0.1) is 11.6 Å². The fourth-order valence-electron chi connectivity index (χ4n) is 3.81. The summed E-state index contributed by atoms with van der Waals surface area (Å²) in [4.78, 5) is 2.52. The second-order valence-corrected chi connectivity index (χ2v) is 10.7. The molecule has 2 N–H and O–H groups in total. The van der Waals surface area contributed by atoms with Gasteiger partial charge in [0.25, 0.3) is 0 Å². The van der Waals surface area contributed by atoms with Gasteiger partial charge in [-0.1, -0.05) is 0 Å². The van der Waals surface area contributed by atoms with E-state index in [1.54, 1.807) is 0 Å². The summed E-state index contributed by atoms with van der Waals surface area (Å²) in [5.41, 5.74) is -1.85. The molecule has 0 amide bonds. The van der Waals surface area contributed by atoms with E-state index < -0.39 is 77.8 Å². The number of halogens is 5. The number of benzene rings is 1. The highest BCUT2D eigenvalue weighted by Gasteiger charge is 2.51. The van der Waals surface area contributed by atoms with E-state index in [4.69, 9.17) is 5.14 Å². The third-order valence-corrected chi connectivity index (χ3v) is 8.34. The highest BCUT2D eigenvalue weighted by Crippen LogP contribution is 2.48. The summed E-state index contributed by atoms with van der Waals surface area (Å²) in [6.45, 7) is 0. The molecule has 0 saturated heterocycles. The fraction of sp³-hybridized carbons (Fsp3) is 0.389. The number of nitrogens with zero attached hydrogens (tertiary/aromatic N) is 1. The largest absolute Gasteiger partial charge is 0.433 e. The van der Waals surface area contributed by atoms with Crippen LogP contribution in [0.15, 0.2) is 41.4 Å². The van der Waals surface area contributed by atoms with Crippen molar-refractivity contribution >= 4 is 20.1 Å². The number of pyridine rings is 1. The van der Waals surface area contributed by atoms with Crippen LogP contribution in [-0.4, -0.2) is 27.9 Å². The smallest absolute Gasteiger partial charge is 0.255 e. The van der Waals surface area contributed by atoms with Crippen molar-refractivity contribution in [3.05, 3.63) is 59.4 Å². The van der Waals surface area contributed by atoms with Crippen LogP contribution in [0.5, 0.6) is 0 Å². The van der Waals surface area contributed by atoms with Crippen molar-refractivity contribution < 1.29 is 43.0 Å². The van der Waals surface area contributed by atoms with Crippen LogP contribution in [0.4, 0.5) is 22.0 Å². The molecule has 1 aromatic carbocycles.